The van der Waals surface area contributed by atoms with Gasteiger partial charge in [-0.15, -0.1) is 0 Å². The second-order valence-electron chi connectivity index (χ2n) is 5.92. The van der Waals surface area contributed by atoms with Gasteiger partial charge in [-0.1, -0.05) is 26.7 Å². The summed E-state index contributed by atoms with van der Waals surface area (Å²) in [7, 11) is -3.65. The number of aliphatic hydroxyl groups is 1. The van der Waals surface area contributed by atoms with Gasteiger partial charge in [0, 0.05) is 12.1 Å². The minimum Gasteiger partial charge on any atom is -0.450 e. The van der Waals surface area contributed by atoms with E-state index in [4.69, 9.17) is 9.52 Å². The summed E-state index contributed by atoms with van der Waals surface area (Å²) < 4.78 is 33.0. The minimum atomic E-state index is -3.65. The molecular formula is C13H20BrNO4S. The van der Waals surface area contributed by atoms with Crippen LogP contribution in [-0.4, -0.2) is 19.6 Å². The molecule has 0 aromatic carbocycles. The highest BCUT2D eigenvalue weighted by atomic mass is 79.9. The van der Waals surface area contributed by atoms with Gasteiger partial charge in [-0.2, -0.15) is 0 Å². The summed E-state index contributed by atoms with van der Waals surface area (Å²) in [6, 6.07) is 1.27. The zero-order chi connectivity index (χ0) is 15.0. The predicted octanol–water partition coefficient (Wildman–Crippen LogP) is 2.78. The van der Waals surface area contributed by atoms with E-state index >= 15 is 0 Å². The Bertz CT molecular complexity index is 579. The van der Waals surface area contributed by atoms with Crippen molar-refractivity contribution in [2.75, 3.05) is 0 Å². The molecule has 0 spiro atoms. The van der Waals surface area contributed by atoms with Crippen LogP contribution in [0.1, 0.15) is 45.3 Å². The third-order valence-electron chi connectivity index (χ3n) is 3.96. The van der Waals surface area contributed by atoms with E-state index in [0.29, 0.717) is 0 Å². The fraction of sp³-hybridized carbons (Fsp3) is 0.692. The van der Waals surface area contributed by atoms with Gasteiger partial charge < -0.3 is 9.52 Å². The zero-order valence-electron chi connectivity index (χ0n) is 11.6. The molecule has 1 heterocycles. The zero-order valence-corrected chi connectivity index (χ0v) is 14.1. The van der Waals surface area contributed by atoms with Crippen LogP contribution in [0.25, 0.3) is 0 Å². The first-order valence-electron chi connectivity index (χ1n) is 6.68. The molecule has 0 aliphatic heterocycles. The van der Waals surface area contributed by atoms with E-state index in [1.807, 2.05) is 0 Å². The second kappa shape index (κ2) is 5.79. The van der Waals surface area contributed by atoms with Crippen molar-refractivity contribution < 1.29 is 17.9 Å². The van der Waals surface area contributed by atoms with E-state index < -0.39 is 10.0 Å². The van der Waals surface area contributed by atoms with Crippen LogP contribution in [0.2, 0.25) is 0 Å². The topological polar surface area (TPSA) is 79.5 Å². The molecule has 0 radical (unpaired) electrons. The first-order valence-corrected chi connectivity index (χ1v) is 8.95. The molecule has 0 bridgehead atoms. The molecule has 1 unspecified atom stereocenters. The number of furan rings is 1. The summed E-state index contributed by atoms with van der Waals surface area (Å²) in [4.78, 5) is 0.0444. The number of nitrogens with one attached hydrogen (secondary N) is 1. The maximum atomic E-state index is 12.5. The van der Waals surface area contributed by atoms with E-state index in [-0.39, 0.29) is 33.4 Å². The lowest BCUT2D eigenvalue weighted by Gasteiger charge is -2.38. The van der Waals surface area contributed by atoms with Gasteiger partial charge in [0.1, 0.15) is 17.3 Å². The highest BCUT2D eigenvalue weighted by Gasteiger charge is 2.36. The van der Waals surface area contributed by atoms with Crippen molar-refractivity contribution in [3.8, 4) is 0 Å². The molecule has 1 aromatic heterocycles. The van der Waals surface area contributed by atoms with Crippen molar-refractivity contribution in [1.29, 1.82) is 0 Å². The Labute approximate surface area is 127 Å². The Morgan fingerprint density at radius 2 is 2.20 bits per heavy atom. The monoisotopic (exact) mass is 365 g/mol. The van der Waals surface area contributed by atoms with Gasteiger partial charge in [-0.25, -0.2) is 13.1 Å². The lowest BCUT2D eigenvalue weighted by Crippen LogP contribution is -2.46. The van der Waals surface area contributed by atoms with Crippen molar-refractivity contribution in [3.05, 3.63) is 16.5 Å². The predicted molar refractivity (Wildman–Crippen MR) is 78.7 cm³/mol. The highest BCUT2D eigenvalue weighted by Crippen LogP contribution is 2.37. The van der Waals surface area contributed by atoms with Crippen LogP contribution >= 0.6 is 15.9 Å². The Kier molecular flexibility index (Phi) is 4.63. The summed E-state index contributed by atoms with van der Waals surface area (Å²) in [6.45, 7) is 3.84. The van der Waals surface area contributed by atoms with Crippen molar-refractivity contribution >= 4 is 26.0 Å². The SMILES string of the molecule is CC1(C)CCCCC1NS(=O)(=O)c1cc(CO)oc1Br. The van der Waals surface area contributed by atoms with Crippen LogP contribution in [0.3, 0.4) is 0 Å². The molecule has 7 heteroatoms. The van der Waals surface area contributed by atoms with Gasteiger partial charge in [0.2, 0.25) is 10.0 Å². The molecule has 1 aliphatic rings. The average molecular weight is 366 g/mol. The first-order chi connectivity index (χ1) is 9.26. The Morgan fingerprint density at radius 1 is 1.50 bits per heavy atom. The molecule has 1 fully saturated rings. The van der Waals surface area contributed by atoms with E-state index in [0.717, 1.165) is 25.7 Å². The number of hydrogen-bond donors (Lipinski definition) is 2. The number of rotatable bonds is 4. The molecule has 0 amide bonds. The second-order valence-corrected chi connectivity index (χ2v) is 8.32. The Hall–Kier alpha value is -0.370. The largest absolute Gasteiger partial charge is 0.450 e. The summed E-state index contributed by atoms with van der Waals surface area (Å²) >= 11 is 3.09. The molecular weight excluding hydrogens is 346 g/mol. The van der Waals surface area contributed by atoms with Crippen LogP contribution in [0.15, 0.2) is 20.0 Å². The molecule has 2 rings (SSSR count). The lowest BCUT2D eigenvalue weighted by molar-refractivity contribution is 0.188. The molecule has 20 heavy (non-hydrogen) atoms. The average Bonchev–Trinajstić information content (AvgIpc) is 2.74. The van der Waals surface area contributed by atoms with Gasteiger partial charge in [-0.05, 0) is 34.2 Å². The van der Waals surface area contributed by atoms with Gasteiger partial charge in [0.25, 0.3) is 0 Å². The summed E-state index contributed by atoms with van der Waals surface area (Å²) in [5.74, 6) is 0.222. The summed E-state index contributed by atoms with van der Waals surface area (Å²) in [5, 5.41) is 9.02. The Balaban J connectivity index is 2.24. The summed E-state index contributed by atoms with van der Waals surface area (Å²) in [6.07, 6.45) is 4.02. The van der Waals surface area contributed by atoms with E-state index in [1.165, 1.54) is 6.07 Å². The quantitative estimate of drug-likeness (QED) is 0.859. The molecule has 1 aromatic rings. The fourth-order valence-electron chi connectivity index (χ4n) is 2.62. The standard InChI is InChI=1S/C13H20BrNO4S/c1-13(2)6-4-3-5-11(13)15-20(17,18)10-7-9(8-16)19-12(10)14/h7,11,15-16H,3-6,8H2,1-2H3. The van der Waals surface area contributed by atoms with Crippen molar-refractivity contribution in [2.45, 2.75) is 57.1 Å². The lowest BCUT2D eigenvalue weighted by atomic mass is 9.74. The fourth-order valence-corrected chi connectivity index (χ4v) is 5.06. The molecule has 2 N–H and O–H groups in total. The normalized spacial score (nSPS) is 22.9. The van der Waals surface area contributed by atoms with Crippen LogP contribution in [-0.2, 0) is 16.6 Å². The maximum absolute atomic E-state index is 12.5. The molecule has 1 atom stereocenters. The minimum absolute atomic E-state index is 0.0444. The molecule has 0 saturated heterocycles. The first kappa shape index (κ1) is 16.0. The molecule has 5 nitrogen and oxygen atoms in total. The highest BCUT2D eigenvalue weighted by molar-refractivity contribution is 9.10. The number of hydrogen-bond acceptors (Lipinski definition) is 4. The van der Waals surface area contributed by atoms with Crippen LogP contribution in [0.4, 0.5) is 0 Å². The van der Waals surface area contributed by atoms with Gasteiger partial charge >= 0.3 is 0 Å². The van der Waals surface area contributed by atoms with Gasteiger partial charge in [0.05, 0.1) is 0 Å². The molecule has 114 valence electrons. The van der Waals surface area contributed by atoms with Crippen molar-refractivity contribution in [3.63, 3.8) is 0 Å². The Morgan fingerprint density at radius 3 is 2.75 bits per heavy atom. The van der Waals surface area contributed by atoms with Crippen molar-refractivity contribution in [1.82, 2.24) is 4.72 Å². The van der Waals surface area contributed by atoms with E-state index in [2.05, 4.69) is 34.5 Å². The van der Waals surface area contributed by atoms with Gasteiger partial charge in [0.15, 0.2) is 4.67 Å². The van der Waals surface area contributed by atoms with Crippen LogP contribution in [0, 0.1) is 5.41 Å². The van der Waals surface area contributed by atoms with Crippen LogP contribution in [0.5, 0.6) is 0 Å². The van der Waals surface area contributed by atoms with E-state index in [9.17, 15) is 8.42 Å². The van der Waals surface area contributed by atoms with Gasteiger partial charge in [-0.3, -0.25) is 0 Å². The van der Waals surface area contributed by atoms with E-state index in [1.54, 1.807) is 0 Å². The number of aliphatic hydroxyl groups excluding tert-OH is 1. The molecule has 1 aliphatic carbocycles. The maximum Gasteiger partial charge on any atom is 0.245 e. The third-order valence-corrected chi connectivity index (χ3v) is 6.29. The van der Waals surface area contributed by atoms with Crippen LogP contribution < -0.4 is 4.72 Å². The summed E-state index contributed by atoms with van der Waals surface area (Å²) in [5.41, 5.74) is -0.0542. The third kappa shape index (κ3) is 3.27. The number of sulfonamides is 1. The number of halogens is 1. The van der Waals surface area contributed by atoms with Crippen molar-refractivity contribution in [2.24, 2.45) is 5.41 Å². The smallest absolute Gasteiger partial charge is 0.245 e. The molecule has 1 saturated carbocycles.